The van der Waals surface area contributed by atoms with Crippen molar-refractivity contribution in [2.75, 3.05) is 5.32 Å². The number of allylic oxidation sites excluding steroid dienone is 2. The largest absolute Gasteiger partial charge is 0.372 e. The monoisotopic (exact) mass is 370 g/mol. The van der Waals surface area contributed by atoms with Crippen molar-refractivity contribution >= 4 is 27.3 Å². The molecule has 0 spiro atoms. The molecule has 2 aromatic rings. The summed E-state index contributed by atoms with van der Waals surface area (Å²) in [6, 6.07) is 13.6. The Morgan fingerprint density at radius 2 is 2.04 bits per heavy atom. The lowest BCUT2D eigenvalue weighted by Gasteiger charge is -2.37. The van der Waals surface area contributed by atoms with Gasteiger partial charge in [-0.1, -0.05) is 52.3 Å². The fourth-order valence-corrected chi connectivity index (χ4v) is 4.20. The van der Waals surface area contributed by atoms with Crippen molar-refractivity contribution in [1.29, 1.82) is 0 Å². The molecule has 4 nitrogen and oxygen atoms in total. The van der Waals surface area contributed by atoms with Crippen LogP contribution in [0.1, 0.15) is 29.5 Å². The van der Waals surface area contributed by atoms with Gasteiger partial charge in [0.2, 0.25) is 0 Å². The molecule has 0 bridgehead atoms. The number of para-hydroxylation sites is 1. The summed E-state index contributed by atoms with van der Waals surface area (Å²) < 4.78 is 1.02. The first kappa shape index (κ1) is 14.5. The maximum atomic E-state index is 11.4. The van der Waals surface area contributed by atoms with Gasteiger partial charge in [0.05, 0.1) is 11.0 Å². The number of nitrogens with one attached hydrogen (secondary N) is 1. The highest BCUT2D eigenvalue weighted by Gasteiger charge is 2.40. The Bertz CT molecular complexity index is 818. The lowest BCUT2D eigenvalue weighted by molar-refractivity contribution is -0.384. The zero-order valence-corrected chi connectivity index (χ0v) is 13.9. The van der Waals surface area contributed by atoms with Crippen LogP contribution in [0.15, 0.2) is 59.1 Å². The fraction of sp³-hybridized carbons (Fsp3) is 0.222. The van der Waals surface area contributed by atoms with Crippen LogP contribution < -0.4 is 5.32 Å². The van der Waals surface area contributed by atoms with E-state index < -0.39 is 0 Å². The summed E-state index contributed by atoms with van der Waals surface area (Å²) in [4.78, 5) is 11.1. The molecule has 2 aromatic carbocycles. The van der Waals surface area contributed by atoms with Crippen LogP contribution in [-0.2, 0) is 0 Å². The van der Waals surface area contributed by atoms with E-state index >= 15 is 0 Å². The average molecular weight is 371 g/mol. The fourth-order valence-electron chi connectivity index (χ4n) is 3.79. The summed E-state index contributed by atoms with van der Waals surface area (Å²) in [5.74, 6) is 0.619. The van der Waals surface area contributed by atoms with E-state index in [0.29, 0.717) is 11.6 Å². The first-order valence-electron chi connectivity index (χ1n) is 7.61. The summed E-state index contributed by atoms with van der Waals surface area (Å²) in [6.45, 7) is 0. The molecule has 4 rings (SSSR count). The number of nitro benzene ring substituents is 1. The Hall–Kier alpha value is -2.14. The Balaban J connectivity index is 1.85. The van der Waals surface area contributed by atoms with Gasteiger partial charge in [0, 0.05) is 16.5 Å². The maximum Gasteiger partial charge on any atom is 0.292 e. The van der Waals surface area contributed by atoms with Crippen molar-refractivity contribution in [3.05, 3.63) is 80.3 Å². The Labute approximate surface area is 142 Å². The van der Waals surface area contributed by atoms with Crippen LogP contribution >= 0.6 is 15.9 Å². The molecule has 5 heteroatoms. The predicted molar refractivity (Wildman–Crippen MR) is 93.6 cm³/mol. The average Bonchev–Trinajstić information content (AvgIpc) is 3.03. The third-order valence-corrected chi connectivity index (χ3v) is 5.27. The smallest absolute Gasteiger partial charge is 0.292 e. The van der Waals surface area contributed by atoms with Crippen molar-refractivity contribution in [1.82, 2.24) is 0 Å². The van der Waals surface area contributed by atoms with Gasteiger partial charge in [-0.25, -0.2) is 0 Å². The number of halogens is 1. The molecule has 2 aliphatic rings. The van der Waals surface area contributed by atoms with E-state index in [4.69, 9.17) is 0 Å². The number of nitro groups is 1. The van der Waals surface area contributed by atoms with E-state index in [9.17, 15) is 10.1 Å². The first-order chi connectivity index (χ1) is 11.1. The van der Waals surface area contributed by atoms with Crippen LogP contribution in [0.4, 0.5) is 11.4 Å². The molecule has 3 atom stereocenters. The third kappa shape index (κ3) is 2.36. The van der Waals surface area contributed by atoms with Gasteiger partial charge in [-0.3, -0.25) is 10.1 Å². The highest BCUT2D eigenvalue weighted by molar-refractivity contribution is 9.10. The molecule has 116 valence electrons. The Morgan fingerprint density at radius 3 is 2.83 bits per heavy atom. The SMILES string of the molecule is O=[N+]([O-])c1cccc2c1N[C@H](c1cccc(Br)c1)[C@H]1CC=C[C@@H]21. The van der Waals surface area contributed by atoms with E-state index in [1.54, 1.807) is 12.1 Å². The number of anilines is 1. The second-order valence-corrected chi connectivity index (χ2v) is 6.94. The van der Waals surface area contributed by atoms with Gasteiger partial charge in [-0.2, -0.15) is 0 Å². The summed E-state index contributed by atoms with van der Waals surface area (Å²) in [6.07, 6.45) is 5.37. The molecule has 0 radical (unpaired) electrons. The third-order valence-electron chi connectivity index (χ3n) is 4.78. The second kappa shape index (κ2) is 5.49. The first-order valence-corrected chi connectivity index (χ1v) is 8.40. The lowest BCUT2D eigenvalue weighted by atomic mass is 9.77. The molecule has 0 saturated heterocycles. The van der Waals surface area contributed by atoms with Crippen molar-refractivity contribution < 1.29 is 4.92 Å². The standard InChI is InChI=1S/C18H15BrN2O2/c19-12-5-1-4-11(10-12)17-14-7-2-6-13(14)15-8-3-9-16(21(22)23)18(15)20-17/h1-6,8-10,13-14,17,20H,7H2/t13-,14+,17-/m1/s1. The molecule has 0 fully saturated rings. The topological polar surface area (TPSA) is 55.2 Å². The van der Waals surface area contributed by atoms with E-state index in [0.717, 1.165) is 22.0 Å². The molecule has 1 aliphatic carbocycles. The number of hydrogen-bond acceptors (Lipinski definition) is 3. The predicted octanol–water partition coefficient (Wildman–Crippen LogP) is 5.18. The van der Waals surface area contributed by atoms with Gasteiger partial charge < -0.3 is 5.32 Å². The summed E-state index contributed by atoms with van der Waals surface area (Å²) in [5.41, 5.74) is 3.00. The highest BCUT2D eigenvalue weighted by Crippen LogP contribution is 2.52. The van der Waals surface area contributed by atoms with Crippen LogP contribution in [0.5, 0.6) is 0 Å². The van der Waals surface area contributed by atoms with Gasteiger partial charge >= 0.3 is 0 Å². The molecule has 23 heavy (non-hydrogen) atoms. The maximum absolute atomic E-state index is 11.4. The molecular formula is C18H15BrN2O2. The number of rotatable bonds is 2. The van der Waals surface area contributed by atoms with Crippen LogP contribution in [0.25, 0.3) is 0 Å². The van der Waals surface area contributed by atoms with Crippen molar-refractivity contribution in [2.45, 2.75) is 18.4 Å². The summed E-state index contributed by atoms with van der Waals surface area (Å²) in [7, 11) is 0. The number of benzene rings is 2. The second-order valence-electron chi connectivity index (χ2n) is 6.03. The van der Waals surface area contributed by atoms with Crippen molar-refractivity contribution in [3.63, 3.8) is 0 Å². The molecule has 0 unspecified atom stereocenters. The highest BCUT2D eigenvalue weighted by atomic mass is 79.9. The van der Waals surface area contributed by atoms with E-state index in [-0.39, 0.29) is 22.6 Å². The molecule has 1 heterocycles. The molecule has 1 N–H and O–H groups in total. The Morgan fingerprint density at radius 1 is 1.22 bits per heavy atom. The summed E-state index contributed by atoms with van der Waals surface area (Å²) >= 11 is 3.52. The van der Waals surface area contributed by atoms with Gasteiger partial charge in [0.15, 0.2) is 0 Å². The normalized spacial score (nSPS) is 24.7. The molecule has 1 aliphatic heterocycles. The van der Waals surface area contributed by atoms with Gasteiger partial charge in [0.25, 0.3) is 5.69 Å². The molecule has 0 aromatic heterocycles. The molecular weight excluding hydrogens is 356 g/mol. The Kier molecular flexibility index (Phi) is 3.45. The zero-order valence-electron chi connectivity index (χ0n) is 12.3. The minimum absolute atomic E-state index is 0.0705. The van der Waals surface area contributed by atoms with Crippen LogP contribution in [-0.4, -0.2) is 4.92 Å². The van der Waals surface area contributed by atoms with E-state index in [1.807, 2.05) is 18.2 Å². The number of nitrogens with zero attached hydrogens (tertiary/aromatic N) is 1. The number of fused-ring (bicyclic) bond motifs is 3. The van der Waals surface area contributed by atoms with Crippen LogP contribution in [0, 0.1) is 16.0 Å². The van der Waals surface area contributed by atoms with E-state index in [1.165, 1.54) is 0 Å². The van der Waals surface area contributed by atoms with E-state index in [2.05, 4.69) is 45.5 Å². The van der Waals surface area contributed by atoms with Gasteiger partial charge in [-0.15, -0.1) is 0 Å². The van der Waals surface area contributed by atoms with Crippen molar-refractivity contribution in [2.24, 2.45) is 5.92 Å². The molecule has 0 saturated carbocycles. The minimum atomic E-state index is -0.303. The lowest BCUT2D eigenvalue weighted by Crippen LogP contribution is -2.29. The van der Waals surface area contributed by atoms with Crippen LogP contribution in [0.2, 0.25) is 0 Å². The zero-order chi connectivity index (χ0) is 16.0. The van der Waals surface area contributed by atoms with Gasteiger partial charge in [0.1, 0.15) is 5.69 Å². The van der Waals surface area contributed by atoms with Crippen molar-refractivity contribution in [3.8, 4) is 0 Å². The van der Waals surface area contributed by atoms with Crippen LogP contribution in [0.3, 0.4) is 0 Å². The number of hydrogen-bond donors (Lipinski definition) is 1. The quantitative estimate of drug-likeness (QED) is 0.449. The van der Waals surface area contributed by atoms with Gasteiger partial charge in [-0.05, 0) is 35.6 Å². The minimum Gasteiger partial charge on any atom is -0.372 e. The summed E-state index contributed by atoms with van der Waals surface area (Å²) in [5, 5.41) is 14.9. The molecule has 0 amide bonds.